The van der Waals surface area contributed by atoms with E-state index in [9.17, 15) is 0 Å². The molecule has 0 bridgehead atoms. The number of nitrogens with two attached hydrogens (primary N) is 1. The van der Waals surface area contributed by atoms with Gasteiger partial charge in [0.1, 0.15) is 0 Å². The topological polar surface area (TPSA) is 77.4 Å². The van der Waals surface area contributed by atoms with Crippen LogP contribution in [-0.2, 0) is 17.8 Å². The molecule has 0 aliphatic carbocycles. The highest BCUT2D eigenvalue weighted by atomic mass is 35.5. The molecule has 2 N–H and O–H groups in total. The number of rotatable bonds is 4. The van der Waals surface area contributed by atoms with Gasteiger partial charge in [-0.2, -0.15) is 4.98 Å². The van der Waals surface area contributed by atoms with Crippen LogP contribution in [0.4, 0.5) is 0 Å². The first-order chi connectivity index (χ1) is 10.7. The van der Waals surface area contributed by atoms with Gasteiger partial charge < -0.3 is 15.0 Å². The smallest absolute Gasteiger partial charge is 0.240 e. The third kappa shape index (κ3) is 4.09. The van der Waals surface area contributed by atoms with Crippen LogP contribution in [0.25, 0.3) is 0 Å². The number of aromatic nitrogens is 2. The Hall–Kier alpha value is -1.47. The second kappa shape index (κ2) is 7.88. The lowest BCUT2D eigenvalue weighted by Gasteiger charge is -2.37. The molecule has 0 spiro atoms. The highest BCUT2D eigenvalue weighted by Gasteiger charge is 2.28. The molecule has 0 amide bonds. The molecule has 1 fully saturated rings. The molecule has 2 unspecified atom stereocenters. The highest BCUT2D eigenvalue weighted by molar-refractivity contribution is 5.85. The van der Waals surface area contributed by atoms with Gasteiger partial charge in [0.15, 0.2) is 5.82 Å². The van der Waals surface area contributed by atoms with E-state index in [0.717, 1.165) is 6.54 Å². The normalized spacial score (nSPS) is 21.9. The van der Waals surface area contributed by atoms with E-state index >= 15 is 0 Å². The van der Waals surface area contributed by atoms with Crippen molar-refractivity contribution in [1.82, 2.24) is 15.0 Å². The van der Waals surface area contributed by atoms with Gasteiger partial charge >= 0.3 is 0 Å². The lowest BCUT2D eigenvalue weighted by molar-refractivity contribution is -0.0644. The Bertz CT molecular complexity index is 634. The van der Waals surface area contributed by atoms with Crippen LogP contribution in [0, 0.1) is 6.92 Å². The second-order valence-electron chi connectivity index (χ2n) is 5.77. The van der Waals surface area contributed by atoms with E-state index in [1.165, 1.54) is 11.1 Å². The van der Waals surface area contributed by atoms with E-state index in [-0.39, 0.29) is 25.1 Å². The van der Waals surface area contributed by atoms with Crippen LogP contribution in [-0.4, -0.2) is 34.2 Å². The lowest BCUT2D eigenvalue weighted by Crippen LogP contribution is -2.44. The maximum atomic E-state index is 6.03. The summed E-state index contributed by atoms with van der Waals surface area (Å²) in [5, 5.41) is 3.98. The molecule has 7 heteroatoms. The summed E-state index contributed by atoms with van der Waals surface area (Å²) in [5.41, 5.74) is 8.01. The Morgan fingerprint density at radius 3 is 2.83 bits per heavy atom. The van der Waals surface area contributed by atoms with Crippen molar-refractivity contribution in [3.63, 3.8) is 0 Å². The monoisotopic (exact) mass is 338 g/mol. The summed E-state index contributed by atoms with van der Waals surface area (Å²) in [6, 6.07) is 8.68. The minimum atomic E-state index is 0. The van der Waals surface area contributed by atoms with Crippen molar-refractivity contribution in [2.24, 2.45) is 5.73 Å². The number of benzene rings is 1. The zero-order valence-corrected chi connectivity index (χ0v) is 14.3. The van der Waals surface area contributed by atoms with Gasteiger partial charge in [-0.25, -0.2) is 0 Å². The molecule has 2 heterocycles. The molecule has 1 aromatic heterocycles. The van der Waals surface area contributed by atoms with E-state index in [4.69, 9.17) is 15.0 Å². The molecule has 1 aliphatic rings. The van der Waals surface area contributed by atoms with Crippen molar-refractivity contribution >= 4 is 12.4 Å². The predicted octanol–water partition coefficient (Wildman–Crippen LogP) is 2.22. The van der Waals surface area contributed by atoms with Crippen molar-refractivity contribution in [2.75, 3.05) is 13.2 Å². The fourth-order valence-electron chi connectivity index (χ4n) is 2.78. The number of aryl methyl sites for hydroxylation is 1. The summed E-state index contributed by atoms with van der Waals surface area (Å²) in [7, 11) is 0. The van der Waals surface area contributed by atoms with Crippen LogP contribution in [0.5, 0.6) is 0 Å². The van der Waals surface area contributed by atoms with Crippen molar-refractivity contribution in [2.45, 2.75) is 39.1 Å². The molecule has 3 rings (SSSR count). The Labute approximate surface area is 142 Å². The van der Waals surface area contributed by atoms with Gasteiger partial charge in [0.05, 0.1) is 25.8 Å². The third-order valence-electron chi connectivity index (χ3n) is 4.13. The molecule has 2 aromatic rings. The first-order valence-corrected chi connectivity index (χ1v) is 7.60. The summed E-state index contributed by atoms with van der Waals surface area (Å²) in [4.78, 5) is 6.61. The molecule has 0 radical (unpaired) electrons. The quantitative estimate of drug-likeness (QED) is 0.921. The molecule has 6 nitrogen and oxygen atoms in total. The van der Waals surface area contributed by atoms with Crippen LogP contribution >= 0.6 is 12.4 Å². The lowest BCUT2D eigenvalue weighted by atomic mass is 10.0. The van der Waals surface area contributed by atoms with Crippen molar-refractivity contribution in [3.8, 4) is 0 Å². The average Bonchev–Trinajstić information content (AvgIpc) is 2.98. The van der Waals surface area contributed by atoms with E-state index in [0.29, 0.717) is 30.9 Å². The van der Waals surface area contributed by atoms with Crippen molar-refractivity contribution in [3.05, 3.63) is 47.1 Å². The molecule has 126 valence electrons. The van der Waals surface area contributed by atoms with Gasteiger partial charge in [0.2, 0.25) is 5.89 Å². The van der Waals surface area contributed by atoms with Crippen LogP contribution in [0.1, 0.15) is 35.9 Å². The first-order valence-electron chi connectivity index (χ1n) is 7.60. The highest BCUT2D eigenvalue weighted by Crippen LogP contribution is 2.27. The molecule has 1 saturated heterocycles. The zero-order valence-electron chi connectivity index (χ0n) is 13.4. The van der Waals surface area contributed by atoms with Crippen molar-refractivity contribution < 1.29 is 9.26 Å². The van der Waals surface area contributed by atoms with Crippen LogP contribution in [0.3, 0.4) is 0 Å². The van der Waals surface area contributed by atoms with Gasteiger partial charge in [0.25, 0.3) is 0 Å². The largest absolute Gasteiger partial charge is 0.371 e. The number of halogens is 1. The predicted molar refractivity (Wildman–Crippen MR) is 89.2 cm³/mol. The average molecular weight is 339 g/mol. The number of hydrogen-bond acceptors (Lipinski definition) is 6. The number of nitrogens with zero attached hydrogens (tertiary/aromatic N) is 3. The number of ether oxygens (including phenoxy) is 1. The van der Waals surface area contributed by atoms with Gasteiger partial charge in [-0.1, -0.05) is 29.4 Å². The van der Waals surface area contributed by atoms with E-state index < -0.39 is 0 Å². The van der Waals surface area contributed by atoms with Crippen molar-refractivity contribution in [1.29, 1.82) is 0 Å². The van der Waals surface area contributed by atoms with Crippen LogP contribution < -0.4 is 5.73 Å². The van der Waals surface area contributed by atoms with E-state index in [2.05, 4.69) is 53.2 Å². The molecule has 0 saturated carbocycles. The molecule has 1 aliphatic heterocycles. The maximum absolute atomic E-state index is 6.03. The van der Waals surface area contributed by atoms with Gasteiger partial charge in [-0.15, -0.1) is 12.4 Å². The molecular formula is C16H23ClN4O2. The zero-order chi connectivity index (χ0) is 15.5. The third-order valence-corrected chi connectivity index (χ3v) is 4.13. The van der Waals surface area contributed by atoms with Gasteiger partial charge in [-0.05, 0) is 25.0 Å². The Kier molecular flexibility index (Phi) is 6.12. The number of morpholine rings is 1. The standard InChI is InChI=1S/C16H22N4O2.ClH/c1-11-5-3-4-6-13(11)14-8-20(12(2)10-21-14)9-15-18-16(7-17)22-19-15;/h3-6,12,14H,7-10,17H2,1-2H3;1H. The summed E-state index contributed by atoms with van der Waals surface area (Å²) in [5.74, 6) is 1.16. The molecule has 1 aromatic carbocycles. The fraction of sp³-hybridized carbons (Fsp3) is 0.500. The number of hydrogen-bond donors (Lipinski definition) is 1. The summed E-state index contributed by atoms with van der Waals surface area (Å²) in [6.45, 7) is 6.71. The summed E-state index contributed by atoms with van der Waals surface area (Å²) < 4.78 is 11.1. The van der Waals surface area contributed by atoms with Gasteiger partial charge in [-0.3, -0.25) is 4.90 Å². The molecule has 2 atom stereocenters. The Morgan fingerprint density at radius 2 is 2.13 bits per heavy atom. The maximum Gasteiger partial charge on any atom is 0.240 e. The minimum absolute atomic E-state index is 0. The summed E-state index contributed by atoms with van der Waals surface area (Å²) in [6.07, 6.45) is 0.0817. The fourth-order valence-corrected chi connectivity index (χ4v) is 2.78. The molecular weight excluding hydrogens is 316 g/mol. The Morgan fingerprint density at radius 1 is 1.35 bits per heavy atom. The van der Waals surface area contributed by atoms with Crippen LogP contribution in [0.15, 0.2) is 28.8 Å². The minimum Gasteiger partial charge on any atom is -0.371 e. The van der Waals surface area contributed by atoms with Gasteiger partial charge in [0, 0.05) is 12.6 Å². The van der Waals surface area contributed by atoms with Crippen LogP contribution in [0.2, 0.25) is 0 Å². The second-order valence-corrected chi connectivity index (χ2v) is 5.77. The molecule has 23 heavy (non-hydrogen) atoms. The Balaban J connectivity index is 0.00000192. The SMILES string of the molecule is Cc1ccccc1C1CN(Cc2noc(CN)n2)C(C)CO1.Cl. The first kappa shape index (κ1) is 17.9. The van der Waals surface area contributed by atoms with E-state index in [1.807, 2.05) is 0 Å². The van der Waals surface area contributed by atoms with E-state index in [1.54, 1.807) is 0 Å². The summed E-state index contributed by atoms with van der Waals surface area (Å²) >= 11 is 0.